The molecule has 0 amide bonds. The van der Waals surface area contributed by atoms with Crippen molar-refractivity contribution in [1.29, 1.82) is 0 Å². The van der Waals surface area contributed by atoms with E-state index in [1.54, 1.807) is 0 Å². The van der Waals surface area contributed by atoms with Crippen LogP contribution in [0.5, 0.6) is 0 Å². The van der Waals surface area contributed by atoms with E-state index in [0.717, 1.165) is 43.5 Å². The number of fused-ring (bicyclic) bond motifs is 10. The monoisotopic (exact) mass is 984 g/mol. The van der Waals surface area contributed by atoms with Gasteiger partial charge in [-0.25, -0.2) is 0 Å². The lowest BCUT2D eigenvalue weighted by Crippen LogP contribution is -1.91. The predicted molar refractivity (Wildman–Crippen MR) is 330 cm³/mol. The second-order valence-electron chi connectivity index (χ2n) is 19.6. The molecule has 0 atom stereocenters. The van der Waals surface area contributed by atoms with E-state index in [9.17, 15) is 0 Å². The van der Waals surface area contributed by atoms with Crippen molar-refractivity contribution >= 4 is 97.3 Å². The summed E-state index contributed by atoms with van der Waals surface area (Å²) in [6, 6.07) is 80.8. The van der Waals surface area contributed by atoms with Gasteiger partial charge in [-0.2, -0.15) is 0 Å². The van der Waals surface area contributed by atoms with Crippen LogP contribution in [0.1, 0.15) is 11.0 Å². The minimum Gasteiger partial charge on any atom is -0.456 e. The van der Waals surface area contributed by atoms with E-state index < -0.39 is 24.2 Å². The minimum absolute atomic E-state index is 0.219. The highest BCUT2D eigenvalue weighted by Gasteiger charge is 2.22. The van der Waals surface area contributed by atoms with Crippen LogP contribution in [-0.2, 0) is 0 Å². The smallest absolute Gasteiger partial charge is 0.136 e. The van der Waals surface area contributed by atoms with E-state index in [2.05, 4.69) is 158 Å². The topological polar surface area (TPSA) is 13.1 Å². The highest BCUT2D eigenvalue weighted by molar-refractivity contribution is 6.27. The first-order valence-electron chi connectivity index (χ1n) is 29.9. The van der Waals surface area contributed by atoms with Crippen molar-refractivity contribution < 1.29 is 15.4 Å². The normalized spacial score (nSPS) is 13.1. The highest BCUT2D eigenvalue weighted by atomic mass is 16.3. The third kappa shape index (κ3) is 7.47. The lowest BCUT2D eigenvalue weighted by Gasteiger charge is -2.19. The fraction of sp³-hybridized carbons (Fsp3) is 0. The van der Waals surface area contributed by atoms with Gasteiger partial charge in [0, 0.05) is 10.8 Å². The molecule has 0 fully saturated rings. The lowest BCUT2D eigenvalue weighted by molar-refractivity contribution is 0.669. The van der Waals surface area contributed by atoms with Crippen LogP contribution < -0.4 is 0 Å². The second-order valence-corrected chi connectivity index (χ2v) is 19.6. The van der Waals surface area contributed by atoms with Crippen LogP contribution in [-0.4, -0.2) is 0 Å². The van der Waals surface area contributed by atoms with Crippen LogP contribution in [0.15, 0.2) is 295 Å². The number of rotatable bonds is 5. The van der Waals surface area contributed by atoms with Crippen LogP contribution >= 0.6 is 0 Å². The lowest BCUT2D eigenvalue weighted by atomic mass is 9.84. The molecule has 1 heteroatoms. The van der Waals surface area contributed by atoms with E-state index in [4.69, 9.17) is 15.4 Å². The Morgan fingerprint density at radius 3 is 1.35 bits per heavy atom. The summed E-state index contributed by atoms with van der Waals surface area (Å²) in [6.07, 6.45) is 0. The molecule has 77 heavy (non-hydrogen) atoms. The number of benzene rings is 15. The average molecular weight is 985 g/mol. The maximum absolute atomic E-state index is 9.13. The first kappa shape index (κ1) is 36.8. The van der Waals surface area contributed by atoms with Gasteiger partial charge < -0.3 is 4.42 Å². The molecule has 0 spiro atoms. The maximum Gasteiger partial charge on any atom is 0.136 e. The zero-order chi connectivity index (χ0) is 57.8. The predicted octanol–water partition coefficient (Wildman–Crippen LogP) is 21.7. The molecule has 0 N–H and O–H groups in total. The minimum atomic E-state index is -0.404. The van der Waals surface area contributed by atoms with Gasteiger partial charge in [0.25, 0.3) is 0 Å². The number of furan rings is 1. The Morgan fingerprint density at radius 2 is 0.675 bits per heavy atom. The molecular formula is C76H48O. The molecule has 15 aromatic carbocycles. The quantitative estimate of drug-likeness (QED) is 0.157. The van der Waals surface area contributed by atoms with E-state index in [0.29, 0.717) is 22.3 Å². The second kappa shape index (κ2) is 18.4. The van der Waals surface area contributed by atoms with Crippen molar-refractivity contribution in [1.82, 2.24) is 0 Å². The molecule has 0 aliphatic heterocycles. The van der Waals surface area contributed by atoms with Gasteiger partial charge in [-0.05, 0) is 161 Å². The van der Waals surface area contributed by atoms with Gasteiger partial charge in [0.15, 0.2) is 0 Å². The van der Waals surface area contributed by atoms with Crippen LogP contribution in [0.3, 0.4) is 0 Å². The summed E-state index contributed by atoms with van der Waals surface area (Å²) < 4.78 is 77.4. The number of hydrogen-bond acceptors (Lipinski definition) is 1. The molecular weight excluding hydrogens is 929 g/mol. The summed E-state index contributed by atoms with van der Waals surface area (Å²) in [6.45, 7) is 0. The fourth-order valence-corrected chi connectivity index (χ4v) is 11.9. The van der Waals surface area contributed by atoms with Crippen LogP contribution in [0.4, 0.5) is 0 Å². The van der Waals surface area contributed by atoms with Crippen molar-refractivity contribution in [2.24, 2.45) is 0 Å². The Balaban J connectivity index is 0.000000144. The zero-order valence-corrected chi connectivity index (χ0v) is 41.5. The Kier molecular flexibility index (Phi) is 8.78. The SMILES string of the molecule is [2H]c1c([2H])c([2H])c2c(-c3cccc4ccccc34)c3c([2H])c([2H])c([2H])c([2H])c3c(-c3ccc4ccccc4c3)c2c1[2H].c1ccc(-c2cccc(-c3c4ccccc4c(-c4cccc5oc6cc7ccccc7cc6c45)c4ccccc34)c2)cc1. The molecule has 0 bridgehead atoms. The van der Waals surface area contributed by atoms with Gasteiger partial charge in [0.1, 0.15) is 11.2 Å². The third-order valence-electron chi connectivity index (χ3n) is 15.3. The van der Waals surface area contributed by atoms with Gasteiger partial charge in [0.2, 0.25) is 0 Å². The van der Waals surface area contributed by atoms with Crippen molar-refractivity contribution in [3.8, 4) is 55.6 Å². The Bertz CT molecular complexity index is 5330. The summed E-state index contributed by atoms with van der Waals surface area (Å²) in [5.41, 5.74) is 11.2. The molecule has 0 unspecified atom stereocenters. The van der Waals surface area contributed by atoms with Gasteiger partial charge in [-0.1, -0.05) is 261 Å². The first-order valence-corrected chi connectivity index (χ1v) is 25.9. The largest absolute Gasteiger partial charge is 0.456 e. The molecule has 0 aliphatic carbocycles. The van der Waals surface area contributed by atoms with E-state index in [1.807, 2.05) is 84.9 Å². The van der Waals surface area contributed by atoms with E-state index in [-0.39, 0.29) is 45.7 Å². The van der Waals surface area contributed by atoms with Crippen molar-refractivity contribution in [2.75, 3.05) is 0 Å². The maximum atomic E-state index is 9.13. The highest BCUT2D eigenvalue weighted by Crippen LogP contribution is 2.49. The van der Waals surface area contributed by atoms with Crippen molar-refractivity contribution in [2.45, 2.75) is 0 Å². The Morgan fingerprint density at radius 1 is 0.234 bits per heavy atom. The standard InChI is InChI=1S/C42H26O.C34H22/c1-2-12-27(13-3-1)28-16-10-17-31(24-28)40-32-18-6-8-20-34(32)41(35-21-9-7-19-33(35)40)36-22-11-23-38-42(36)37-25-29-14-4-5-15-30(29)26-39(37)43-38;1-2-12-25-22-26(21-20-23(25)10-1)33-29-15-5-7-17-31(29)34(32-18-8-6-16-30(32)33)28-19-9-13-24-11-3-4-14-27(24)28/h1-26H;1-22H/i;5D,6D,7D,8D,15D,16D,17D,18D. The Hall–Kier alpha value is -10.1. The van der Waals surface area contributed by atoms with Crippen LogP contribution in [0.25, 0.3) is 153 Å². The summed E-state index contributed by atoms with van der Waals surface area (Å²) in [7, 11) is 0. The summed E-state index contributed by atoms with van der Waals surface area (Å²) in [5, 5.41) is 14.2. The summed E-state index contributed by atoms with van der Waals surface area (Å²) >= 11 is 0. The molecule has 0 saturated heterocycles. The summed E-state index contributed by atoms with van der Waals surface area (Å²) in [5.74, 6) is 0. The first-order chi connectivity index (χ1) is 41.5. The molecule has 0 aliphatic rings. The van der Waals surface area contributed by atoms with Crippen LogP contribution in [0, 0.1) is 0 Å². The zero-order valence-electron chi connectivity index (χ0n) is 49.5. The number of hydrogen-bond donors (Lipinski definition) is 0. The molecule has 0 saturated carbocycles. The van der Waals surface area contributed by atoms with Gasteiger partial charge in [-0.15, -0.1) is 0 Å². The Labute approximate surface area is 457 Å². The molecule has 16 rings (SSSR count). The van der Waals surface area contributed by atoms with Gasteiger partial charge in [0.05, 0.1) is 11.0 Å². The summed E-state index contributed by atoms with van der Waals surface area (Å²) in [4.78, 5) is 0. The van der Waals surface area contributed by atoms with Crippen LogP contribution in [0.2, 0.25) is 0 Å². The molecule has 1 heterocycles. The fourth-order valence-electron chi connectivity index (χ4n) is 11.9. The average Bonchev–Trinajstić information content (AvgIpc) is 0.964. The van der Waals surface area contributed by atoms with Gasteiger partial charge >= 0.3 is 0 Å². The van der Waals surface area contributed by atoms with Crippen molar-refractivity contribution in [3.05, 3.63) is 291 Å². The van der Waals surface area contributed by atoms with Crippen molar-refractivity contribution in [3.63, 3.8) is 0 Å². The third-order valence-corrected chi connectivity index (χ3v) is 15.3. The molecule has 16 aromatic rings. The molecule has 0 radical (unpaired) electrons. The molecule has 1 aromatic heterocycles. The molecule has 358 valence electrons. The van der Waals surface area contributed by atoms with E-state index >= 15 is 0 Å². The van der Waals surface area contributed by atoms with Gasteiger partial charge in [-0.3, -0.25) is 0 Å². The molecule has 1 nitrogen and oxygen atoms in total. The van der Waals surface area contributed by atoms with E-state index in [1.165, 1.54) is 65.7 Å².